The SMILES string of the molecule is CCC(C(=O)O)c1cc(F)c(F)cc1Br. The minimum absolute atomic E-state index is 0.254. The van der Waals surface area contributed by atoms with Gasteiger partial charge in [0, 0.05) is 4.47 Å². The molecule has 0 amide bonds. The van der Waals surface area contributed by atoms with E-state index in [1.165, 1.54) is 0 Å². The summed E-state index contributed by atoms with van der Waals surface area (Å²) in [5.74, 6) is -3.91. The molecule has 0 saturated heterocycles. The Hall–Kier alpha value is -0.970. The van der Waals surface area contributed by atoms with E-state index >= 15 is 0 Å². The molecular weight excluding hydrogens is 270 g/mol. The lowest BCUT2D eigenvalue weighted by Gasteiger charge is -2.12. The van der Waals surface area contributed by atoms with Crippen LogP contribution < -0.4 is 0 Å². The van der Waals surface area contributed by atoms with E-state index in [9.17, 15) is 13.6 Å². The van der Waals surface area contributed by atoms with Gasteiger partial charge < -0.3 is 5.11 Å². The minimum atomic E-state index is -1.05. The smallest absolute Gasteiger partial charge is 0.311 e. The van der Waals surface area contributed by atoms with Crippen molar-refractivity contribution in [3.63, 3.8) is 0 Å². The van der Waals surface area contributed by atoms with Crippen LogP contribution in [0.1, 0.15) is 24.8 Å². The number of aliphatic carboxylic acids is 1. The molecular formula is C10H9BrF2O2. The van der Waals surface area contributed by atoms with Crippen molar-refractivity contribution in [3.05, 3.63) is 33.8 Å². The van der Waals surface area contributed by atoms with Crippen molar-refractivity contribution in [1.29, 1.82) is 0 Å². The average molecular weight is 279 g/mol. The molecule has 2 nitrogen and oxygen atoms in total. The molecule has 0 heterocycles. The molecule has 0 aliphatic carbocycles. The second-order valence-corrected chi connectivity index (χ2v) is 3.94. The Morgan fingerprint density at radius 2 is 2.00 bits per heavy atom. The lowest BCUT2D eigenvalue weighted by Crippen LogP contribution is -2.11. The Balaban J connectivity index is 3.24. The van der Waals surface area contributed by atoms with Gasteiger partial charge in [-0.2, -0.15) is 0 Å². The molecule has 82 valence electrons. The number of benzene rings is 1. The van der Waals surface area contributed by atoms with Gasteiger partial charge in [-0.25, -0.2) is 8.78 Å². The normalized spacial score (nSPS) is 12.5. The van der Waals surface area contributed by atoms with Crippen molar-refractivity contribution in [1.82, 2.24) is 0 Å². The second kappa shape index (κ2) is 4.70. The highest BCUT2D eigenvalue weighted by atomic mass is 79.9. The second-order valence-electron chi connectivity index (χ2n) is 3.09. The Morgan fingerprint density at radius 3 is 2.47 bits per heavy atom. The van der Waals surface area contributed by atoms with Crippen LogP contribution in [-0.2, 0) is 4.79 Å². The molecule has 1 atom stereocenters. The highest BCUT2D eigenvalue weighted by Gasteiger charge is 2.22. The molecule has 1 N–H and O–H groups in total. The molecule has 5 heteroatoms. The minimum Gasteiger partial charge on any atom is -0.481 e. The highest BCUT2D eigenvalue weighted by molar-refractivity contribution is 9.10. The number of hydrogen-bond donors (Lipinski definition) is 1. The summed E-state index contributed by atoms with van der Waals surface area (Å²) in [5, 5.41) is 8.87. The van der Waals surface area contributed by atoms with Gasteiger partial charge in [-0.05, 0) is 24.1 Å². The van der Waals surface area contributed by atoms with E-state index < -0.39 is 23.5 Å². The number of hydrogen-bond acceptors (Lipinski definition) is 1. The molecule has 1 rings (SSSR count). The third-order valence-corrected chi connectivity index (χ3v) is 2.81. The molecule has 0 aliphatic rings. The van der Waals surface area contributed by atoms with Gasteiger partial charge in [0.05, 0.1) is 5.92 Å². The Morgan fingerprint density at radius 1 is 1.47 bits per heavy atom. The van der Waals surface area contributed by atoms with Crippen LogP contribution in [0.25, 0.3) is 0 Å². The number of carboxylic acids is 1. The monoisotopic (exact) mass is 278 g/mol. The summed E-state index contributed by atoms with van der Waals surface area (Å²) in [6.45, 7) is 1.67. The number of carbonyl (C=O) groups is 1. The average Bonchev–Trinajstić information content (AvgIpc) is 2.14. The maximum absolute atomic E-state index is 12.9. The first-order valence-electron chi connectivity index (χ1n) is 4.34. The molecule has 1 aromatic carbocycles. The van der Waals surface area contributed by atoms with E-state index in [4.69, 9.17) is 5.11 Å². The summed E-state index contributed by atoms with van der Waals surface area (Å²) >= 11 is 3.02. The van der Waals surface area contributed by atoms with Gasteiger partial charge in [-0.3, -0.25) is 4.79 Å². The van der Waals surface area contributed by atoms with E-state index in [0.717, 1.165) is 12.1 Å². The molecule has 0 radical (unpaired) electrons. The van der Waals surface area contributed by atoms with Gasteiger partial charge in [-0.15, -0.1) is 0 Å². The van der Waals surface area contributed by atoms with Gasteiger partial charge in [0.1, 0.15) is 0 Å². The van der Waals surface area contributed by atoms with Crippen molar-refractivity contribution < 1.29 is 18.7 Å². The maximum Gasteiger partial charge on any atom is 0.311 e. The maximum atomic E-state index is 12.9. The van der Waals surface area contributed by atoms with Crippen LogP contribution in [0.15, 0.2) is 16.6 Å². The third-order valence-electron chi connectivity index (χ3n) is 2.12. The molecule has 0 aromatic heterocycles. The van der Waals surface area contributed by atoms with Crippen LogP contribution in [0.3, 0.4) is 0 Å². The van der Waals surface area contributed by atoms with Gasteiger partial charge >= 0.3 is 5.97 Å². The zero-order chi connectivity index (χ0) is 11.6. The predicted octanol–water partition coefficient (Wildman–Crippen LogP) is 3.31. The summed E-state index contributed by atoms with van der Waals surface area (Å²) in [4.78, 5) is 10.8. The summed E-state index contributed by atoms with van der Waals surface area (Å²) in [6.07, 6.45) is 0.318. The fraction of sp³-hybridized carbons (Fsp3) is 0.300. The van der Waals surface area contributed by atoms with Crippen LogP contribution in [0.5, 0.6) is 0 Å². The topological polar surface area (TPSA) is 37.3 Å². The summed E-state index contributed by atoms with van der Waals surface area (Å²) in [6, 6.07) is 1.86. The fourth-order valence-electron chi connectivity index (χ4n) is 1.33. The number of halogens is 3. The largest absolute Gasteiger partial charge is 0.481 e. The molecule has 15 heavy (non-hydrogen) atoms. The van der Waals surface area contributed by atoms with Crippen LogP contribution in [0, 0.1) is 11.6 Å². The van der Waals surface area contributed by atoms with Gasteiger partial charge in [0.2, 0.25) is 0 Å². The van der Waals surface area contributed by atoms with Crippen LogP contribution in [-0.4, -0.2) is 11.1 Å². The van der Waals surface area contributed by atoms with Gasteiger partial charge in [0.25, 0.3) is 0 Å². The number of rotatable bonds is 3. The lowest BCUT2D eigenvalue weighted by atomic mass is 9.96. The molecule has 0 bridgehead atoms. The molecule has 0 fully saturated rings. The molecule has 0 saturated carbocycles. The van der Waals surface area contributed by atoms with Crippen molar-refractivity contribution >= 4 is 21.9 Å². The van der Waals surface area contributed by atoms with Crippen molar-refractivity contribution in [2.45, 2.75) is 19.3 Å². The lowest BCUT2D eigenvalue weighted by molar-refractivity contribution is -0.138. The van der Waals surface area contributed by atoms with Gasteiger partial charge in [0.15, 0.2) is 11.6 Å². The van der Waals surface area contributed by atoms with E-state index in [-0.39, 0.29) is 10.0 Å². The van der Waals surface area contributed by atoms with Crippen molar-refractivity contribution in [2.24, 2.45) is 0 Å². The zero-order valence-electron chi connectivity index (χ0n) is 7.93. The first kappa shape index (κ1) is 12.1. The fourth-order valence-corrected chi connectivity index (χ4v) is 1.92. The first-order valence-corrected chi connectivity index (χ1v) is 5.14. The molecule has 1 unspecified atom stereocenters. The van der Waals surface area contributed by atoms with Crippen LogP contribution in [0.2, 0.25) is 0 Å². The standard InChI is InChI=1S/C10H9BrF2O2/c1-2-5(10(14)15)6-3-8(12)9(13)4-7(6)11/h3-5H,2H2,1H3,(H,14,15). The first-order chi connectivity index (χ1) is 6.97. The quantitative estimate of drug-likeness (QED) is 0.862. The van der Waals surface area contributed by atoms with Gasteiger partial charge in [-0.1, -0.05) is 22.9 Å². The van der Waals surface area contributed by atoms with Crippen LogP contribution >= 0.6 is 15.9 Å². The third kappa shape index (κ3) is 2.53. The Bertz CT molecular complexity index is 393. The molecule has 0 aliphatic heterocycles. The summed E-state index contributed by atoms with van der Waals surface area (Å²) in [5.41, 5.74) is 0.254. The zero-order valence-corrected chi connectivity index (χ0v) is 9.51. The summed E-state index contributed by atoms with van der Waals surface area (Å²) < 4.78 is 26.0. The van der Waals surface area contributed by atoms with Crippen LogP contribution in [0.4, 0.5) is 8.78 Å². The highest BCUT2D eigenvalue weighted by Crippen LogP contribution is 2.29. The van der Waals surface area contributed by atoms with E-state index in [1.807, 2.05) is 0 Å². The molecule has 1 aromatic rings. The van der Waals surface area contributed by atoms with Crippen molar-refractivity contribution in [3.8, 4) is 0 Å². The van der Waals surface area contributed by atoms with E-state index in [2.05, 4.69) is 15.9 Å². The Labute approximate surface area is 94.0 Å². The predicted molar refractivity (Wildman–Crippen MR) is 54.7 cm³/mol. The number of carboxylic acid groups (broad SMARTS) is 1. The van der Waals surface area contributed by atoms with E-state index in [0.29, 0.717) is 6.42 Å². The summed E-state index contributed by atoms with van der Waals surface area (Å²) in [7, 11) is 0. The van der Waals surface area contributed by atoms with E-state index in [1.54, 1.807) is 6.92 Å². The molecule has 0 spiro atoms. The Kier molecular flexibility index (Phi) is 3.79. The van der Waals surface area contributed by atoms with Crippen molar-refractivity contribution in [2.75, 3.05) is 0 Å².